The number of H-pyrrole nitrogens is 1. The number of hydrogen-bond acceptors (Lipinski definition) is 9. The number of hydrogen-bond donors (Lipinski definition) is 5. The Bertz CT molecular complexity index is 1600. The molecule has 0 bridgehead atoms. The summed E-state index contributed by atoms with van der Waals surface area (Å²) >= 11 is 0. The molecule has 206 valence electrons. The van der Waals surface area contributed by atoms with Crippen molar-refractivity contribution in [1.82, 2.24) is 30.0 Å². The quantitative estimate of drug-likeness (QED) is 0.186. The van der Waals surface area contributed by atoms with Crippen LogP contribution >= 0.6 is 0 Å². The number of carboxylic acid groups (broad SMARTS) is 1. The molecule has 4 aromatic rings. The van der Waals surface area contributed by atoms with Crippen molar-refractivity contribution in [3.8, 4) is 17.8 Å². The van der Waals surface area contributed by atoms with Gasteiger partial charge in [-0.2, -0.15) is 5.26 Å². The highest BCUT2D eigenvalue weighted by Gasteiger charge is 2.26. The Hall–Kier alpha value is -5.29. The maximum atomic E-state index is 15.9. The molecule has 0 aliphatic carbocycles. The van der Waals surface area contributed by atoms with Crippen molar-refractivity contribution in [2.75, 3.05) is 18.5 Å². The van der Waals surface area contributed by atoms with E-state index in [1.54, 1.807) is 24.3 Å². The van der Waals surface area contributed by atoms with E-state index in [0.717, 1.165) is 10.2 Å². The Labute approximate surface area is 226 Å². The summed E-state index contributed by atoms with van der Waals surface area (Å²) in [5, 5.41) is 37.4. The SMILES string of the molecule is CCc1cc(OCCO)c(F)c(C(Nc2ccc(C#N)c(CNC(=O)O)c2)c2nn(-c3ncccn3)c(=O)[nH]2)c1. The van der Waals surface area contributed by atoms with Crippen molar-refractivity contribution in [3.05, 3.63) is 93.2 Å². The standard InChI is InChI=1S/C26H25FN8O5/c1-2-15-10-19(21(27)20(11-15)40-9-8-36)22(23-33-25(37)35(34-23)24-29-6-3-7-30-24)32-18-5-4-16(13-28)17(12-18)14-31-26(38)39/h3-7,10-12,22,31-32,36H,2,8-9,14H2,1H3,(H,38,39)(H,33,34,37). The highest BCUT2D eigenvalue weighted by Crippen LogP contribution is 2.33. The number of halogens is 1. The fourth-order valence-electron chi connectivity index (χ4n) is 3.93. The molecule has 14 heteroatoms. The van der Waals surface area contributed by atoms with Gasteiger partial charge in [0.2, 0.25) is 0 Å². The van der Waals surface area contributed by atoms with Gasteiger partial charge in [-0.25, -0.2) is 23.9 Å². The number of ether oxygens (including phenoxy) is 1. The zero-order valence-electron chi connectivity index (χ0n) is 21.3. The Morgan fingerprint density at radius 2 is 2.05 bits per heavy atom. The minimum absolute atomic E-state index is 0.00361. The first kappa shape index (κ1) is 27.7. The minimum atomic E-state index is -1.26. The summed E-state index contributed by atoms with van der Waals surface area (Å²) in [5.74, 6) is -0.804. The molecule has 0 spiro atoms. The molecule has 13 nitrogen and oxygen atoms in total. The molecule has 2 heterocycles. The topological polar surface area (TPSA) is 191 Å². The van der Waals surface area contributed by atoms with Crippen molar-refractivity contribution in [3.63, 3.8) is 0 Å². The lowest BCUT2D eigenvalue weighted by molar-refractivity contribution is 0.194. The molecule has 5 N–H and O–H groups in total. The van der Waals surface area contributed by atoms with Crippen LogP contribution in [-0.4, -0.2) is 54.3 Å². The van der Waals surface area contributed by atoms with Crippen LogP contribution in [0.5, 0.6) is 5.75 Å². The molecule has 0 aliphatic rings. The summed E-state index contributed by atoms with van der Waals surface area (Å²) in [5.41, 5.74) is 1.14. The van der Waals surface area contributed by atoms with Gasteiger partial charge < -0.3 is 25.6 Å². The number of aromatic amines is 1. The number of aliphatic hydroxyl groups is 1. The fourth-order valence-corrected chi connectivity index (χ4v) is 3.93. The zero-order valence-corrected chi connectivity index (χ0v) is 21.3. The Balaban J connectivity index is 1.85. The number of anilines is 1. The highest BCUT2D eigenvalue weighted by molar-refractivity contribution is 5.65. The third kappa shape index (κ3) is 6.22. The van der Waals surface area contributed by atoms with Crippen molar-refractivity contribution >= 4 is 11.8 Å². The summed E-state index contributed by atoms with van der Waals surface area (Å²) in [7, 11) is 0. The molecule has 2 aromatic carbocycles. The van der Waals surface area contributed by atoms with Gasteiger partial charge in [0, 0.05) is 30.2 Å². The summed E-state index contributed by atoms with van der Waals surface area (Å²) in [6.45, 7) is 1.28. The van der Waals surface area contributed by atoms with E-state index in [1.807, 2.05) is 13.0 Å². The van der Waals surface area contributed by atoms with E-state index in [9.17, 15) is 20.0 Å². The van der Waals surface area contributed by atoms with Gasteiger partial charge in [0.05, 0.1) is 18.2 Å². The predicted molar refractivity (Wildman–Crippen MR) is 140 cm³/mol. The maximum absolute atomic E-state index is 15.9. The molecule has 0 radical (unpaired) electrons. The predicted octanol–water partition coefficient (Wildman–Crippen LogP) is 2.26. The number of rotatable bonds is 11. The van der Waals surface area contributed by atoms with E-state index in [4.69, 9.17) is 9.84 Å². The van der Waals surface area contributed by atoms with Crippen LogP contribution in [-0.2, 0) is 13.0 Å². The summed E-state index contributed by atoms with van der Waals surface area (Å²) in [4.78, 5) is 34.6. The number of nitrogens with zero attached hydrogens (tertiary/aromatic N) is 5. The number of benzene rings is 2. The van der Waals surface area contributed by atoms with Gasteiger partial charge in [0.15, 0.2) is 17.4 Å². The number of amides is 1. The molecule has 40 heavy (non-hydrogen) atoms. The summed E-state index contributed by atoms with van der Waals surface area (Å²) in [6, 6.07) is 10.2. The monoisotopic (exact) mass is 548 g/mol. The lowest BCUT2D eigenvalue weighted by atomic mass is 9.99. The van der Waals surface area contributed by atoms with Crippen LogP contribution < -0.4 is 21.1 Å². The lowest BCUT2D eigenvalue weighted by Crippen LogP contribution is -2.21. The first-order chi connectivity index (χ1) is 19.3. The first-order valence-electron chi connectivity index (χ1n) is 12.1. The molecule has 1 amide bonds. The van der Waals surface area contributed by atoms with Gasteiger partial charge in [-0.3, -0.25) is 4.98 Å². The molecular formula is C26H25FN8O5. The fraction of sp³-hybridized carbons (Fsp3) is 0.231. The van der Waals surface area contributed by atoms with E-state index in [2.05, 4.69) is 30.7 Å². The van der Waals surface area contributed by atoms with Crippen molar-refractivity contribution < 1.29 is 24.1 Å². The van der Waals surface area contributed by atoms with Crippen LogP contribution in [0.2, 0.25) is 0 Å². The average molecular weight is 549 g/mol. The molecule has 4 rings (SSSR count). The van der Waals surface area contributed by atoms with Crippen LogP contribution in [0, 0.1) is 17.1 Å². The van der Waals surface area contributed by atoms with E-state index in [1.165, 1.54) is 24.5 Å². The van der Waals surface area contributed by atoms with Crippen LogP contribution in [0.4, 0.5) is 14.9 Å². The molecular weight excluding hydrogens is 523 g/mol. The van der Waals surface area contributed by atoms with E-state index < -0.39 is 23.6 Å². The van der Waals surface area contributed by atoms with Crippen molar-refractivity contribution in [1.29, 1.82) is 5.26 Å². The van der Waals surface area contributed by atoms with E-state index >= 15 is 4.39 Å². The summed E-state index contributed by atoms with van der Waals surface area (Å²) in [6.07, 6.45) is 2.15. The summed E-state index contributed by atoms with van der Waals surface area (Å²) < 4.78 is 22.2. The number of aryl methyl sites for hydroxylation is 1. The third-order valence-corrected chi connectivity index (χ3v) is 5.81. The van der Waals surface area contributed by atoms with Gasteiger partial charge in [0.1, 0.15) is 12.6 Å². The van der Waals surface area contributed by atoms with Gasteiger partial charge in [0.25, 0.3) is 5.95 Å². The molecule has 0 saturated carbocycles. The Morgan fingerprint density at radius 1 is 1.27 bits per heavy atom. The number of nitrogens with one attached hydrogen (secondary N) is 3. The second-order valence-corrected chi connectivity index (χ2v) is 8.42. The number of carbonyl (C=O) groups is 1. The van der Waals surface area contributed by atoms with Gasteiger partial charge in [-0.05, 0) is 47.9 Å². The van der Waals surface area contributed by atoms with Gasteiger partial charge >= 0.3 is 11.8 Å². The van der Waals surface area contributed by atoms with E-state index in [-0.39, 0.29) is 48.4 Å². The Kier molecular flexibility index (Phi) is 8.67. The maximum Gasteiger partial charge on any atom is 0.404 e. The average Bonchev–Trinajstić information content (AvgIpc) is 3.36. The third-order valence-electron chi connectivity index (χ3n) is 5.81. The van der Waals surface area contributed by atoms with Crippen molar-refractivity contribution in [2.24, 2.45) is 0 Å². The van der Waals surface area contributed by atoms with Crippen LogP contribution in [0.25, 0.3) is 5.95 Å². The van der Waals surface area contributed by atoms with Gasteiger partial charge in [-0.1, -0.05) is 13.0 Å². The van der Waals surface area contributed by atoms with Crippen LogP contribution in [0.1, 0.15) is 41.0 Å². The molecule has 0 aliphatic heterocycles. The van der Waals surface area contributed by atoms with Crippen LogP contribution in [0.15, 0.2) is 53.6 Å². The molecule has 2 aromatic heterocycles. The molecule has 0 saturated heterocycles. The van der Waals surface area contributed by atoms with Crippen molar-refractivity contribution in [2.45, 2.75) is 25.9 Å². The molecule has 1 atom stereocenters. The number of aliphatic hydroxyl groups excluding tert-OH is 1. The second-order valence-electron chi connectivity index (χ2n) is 8.42. The minimum Gasteiger partial charge on any atom is -0.488 e. The molecule has 0 fully saturated rings. The number of nitriles is 1. The molecule has 1 unspecified atom stereocenters. The largest absolute Gasteiger partial charge is 0.488 e. The smallest absolute Gasteiger partial charge is 0.404 e. The van der Waals surface area contributed by atoms with Crippen LogP contribution in [0.3, 0.4) is 0 Å². The number of aromatic nitrogens is 5. The first-order valence-corrected chi connectivity index (χ1v) is 12.1. The lowest BCUT2D eigenvalue weighted by Gasteiger charge is -2.21. The normalized spacial score (nSPS) is 11.4. The second kappa shape index (κ2) is 12.5. The van der Waals surface area contributed by atoms with Gasteiger partial charge in [-0.15, -0.1) is 9.78 Å². The zero-order chi connectivity index (χ0) is 28.6. The van der Waals surface area contributed by atoms with E-state index in [0.29, 0.717) is 17.7 Å². The highest BCUT2D eigenvalue weighted by atomic mass is 19.1. The Morgan fingerprint density at radius 3 is 2.73 bits per heavy atom.